The van der Waals surface area contributed by atoms with Crippen molar-refractivity contribution in [3.8, 4) is 0 Å². The molecule has 0 aromatic rings. The van der Waals surface area contributed by atoms with E-state index in [2.05, 4.69) is 19.9 Å². The molecule has 0 amide bonds. The lowest BCUT2D eigenvalue weighted by Crippen LogP contribution is -2.57. The van der Waals surface area contributed by atoms with Gasteiger partial charge in [0, 0.05) is 0 Å². The van der Waals surface area contributed by atoms with Crippen LogP contribution in [0.3, 0.4) is 0 Å². The zero-order chi connectivity index (χ0) is 15.7. The molecule has 0 aromatic heterocycles. The van der Waals surface area contributed by atoms with Crippen LogP contribution in [-0.2, 0) is 0 Å². The summed E-state index contributed by atoms with van der Waals surface area (Å²) in [7, 11) is 0. The van der Waals surface area contributed by atoms with Crippen molar-refractivity contribution in [1.29, 1.82) is 0 Å². The molecule has 3 nitrogen and oxygen atoms in total. The molecule has 0 heterocycles. The molecule has 4 aliphatic carbocycles. The predicted octanol–water partition coefficient (Wildman–Crippen LogP) is 2.64. The lowest BCUT2D eigenvalue weighted by molar-refractivity contribution is -0.136. The molecule has 3 unspecified atom stereocenters. The summed E-state index contributed by atoms with van der Waals surface area (Å²) >= 11 is 0. The minimum absolute atomic E-state index is 0.0520. The maximum absolute atomic E-state index is 11.0. The largest absolute Gasteiger partial charge is 0.393 e. The molecule has 0 aliphatic heterocycles. The number of allylic oxidation sites excluding steroid dienone is 1. The first-order valence-electron chi connectivity index (χ1n) is 9.10. The van der Waals surface area contributed by atoms with Crippen LogP contribution in [0.2, 0.25) is 0 Å². The third-order valence-electron chi connectivity index (χ3n) is 7.96. The first-order chi connectivity index (χ1) is 10.4. The van der Waals surface area contributed by atoms with Crippen LogP contribution in [0.4, 0.5) is 0 Å². The fourth-order valence-corrected chi connectivity index (χ4v) is 6.75. The van der Waals surface area contributed by atoms with E-state index in [1.165, 1.54) is 5.57 Å². The molecule has 0 bridgehead atoms. The smallest absolute Gasteiger partial charge is 0.0597 e. The first kappa shape index (κ1) is 15.2. The highest BCUT2D eigenvalue weighted by Gasteiger charge is 2.61. The monoisotopic (exact) mass is 306 g/mol. The Balaban J connectivity index is 1.73. The van der Waals surface area contributed by atoms with Gasteiger partial charge in [-0.05, 0) is 73.5 Å². The average molecular weight is 306 g/mol. The van der Waals surface area contributed by atoms with Crippen molar-refractivity contribution in [3.05, 3.63) is 11.6 Å². The van der Waals surface area contributed by atoms with Crippen molar-refractivity contribution in [2.45, 2.75) is 77.1 Å². The van der Waals surface area contributed by atoms with Gasteiger partial charge in [-0.25, -0.2) is 0 Å². The Morgan fingerprint density at radius 1 is 1.09 bits per heavy atom. The van der Waals surface area contributed by atoms with Crippen molar-refractivity contribution >= 4 is 0 Å². The van der Waals surface area contributed by atoms with Crippen LogP contribution in [0.25, 0.3) is 0 Å². The third-order valence-corrected chi connectivity index (χ3v) is 7.96. The number of aliphatic hydroxyl groups is 3. The molecule has 3 N–H and O–H groups in total. The Hall–Kier alpha value is -0.380. The van der Waals surface area contributed by atoms with Gasteiger partial charge < -0.3 is 15.3 Å². The highest BCUT2D eigenvalue weighted by molar-refractivity contribution is 5.26. The van der Waals surface area contributed by atoms with Crippen LogP contribution < -0.4 is 0 Å². The van der Waals surface area contributed by atoms with E-state index in [0.29, 0.717) is 17.8 Å². The zero-order valence-corrected chi connectivity index (χ0v) is 13.8. The molecule has 4 rings (SSSR count). The third kappa shape index (κ3) is 1.85. The Morgan fingerprint density at radius 2 is 1.86 bits per heavy atom. The average Bonchev–Trinajstić information content (AvgIpc) is 2.75. The summed E-state index contributed by atoms with van der Waals surface area (Å²) in [6, 6.07) is 0. The van der Waals surface area contributed by atoms with Crippen molar-refractivity contribution < 1.29 is 15.3 Å². The summed E-state index contributed by atoms with van der Waals surface area (Å²) < 4.78 is 0. The van der Waals surface area contributed by atoms with E-state index in [9.17, 15) is 15.3 Å². The van der Waals surface area contributed by atoms with Crippen molar-refractivity contribution in [2.75, 3.05) is 0 Å². The maximum Gasteiger partial charge on any atom is 0.0597 e. The van der Waals surface area contributed by atoms with Crippen LogP contribution in [0, 0.1) is 28.6 Å². The van der Waals surface area contributed by atoms with Crippen molar-refractivity contribution in [3.63, 3.8) is 0 Å². The van der Waals surface area contributed by atoms with E-state index in [1.807, 2.05) is 0 Å². The number of hydrogen-bond acceptors (Lipinski definition) is 3. The lowest BCUT2D eigenvalue weighted by atomic mass is 9.47. The molecule has 4 aliphatic rings. The highest BCUT2D eigenvalue weighted by Crippen LogP contribution is 2.64. The maximum atomic E-state index is 11.0. The Kier molecular flexibility index (Phi) is 3.32. The molecule has 22 heavy (non-hydrogen) atoms. The van der Waals surface area contributed by atoms with E-state index in [0.717, 1.165) is 44.9 Å². The molecular formula is C19H30O3. The number of aliphatic hydroxyl groups excluding tert-OH is 3. The molecule has 0 radical (unpaired) electrons. The van der Waals surface area contributed by atoms with Gasteiger partial charge in [-0.3, -0.25) is 0 Å². The van der Waals surface area contributed by atoms with Crippen LogP contribution >= 0.6 is 0 Å². The Morgan fingerprint density at radius 3 is 2.64 bits per heavy atom. The molecular weight excluding hydrogens is 276 g/mol. The molecule has 8 atom stereocenters. The Bertz CT molecular complexity index is 501. The van der Waals surface area contributed by atoms with Gasteiger partial charge in [0.2, 0.25) is 0 Å². The fraction of sp³-hybridized carbons (Fsp3) is 0.895. The second kappa shape index (κ2) is 4.81. The van der Waals surface area contributed by atoms with Gasteiger partial charge in [0.15, 0.2) is 0 Å². The number of fused-ring (bicyclic) bond motifs is 5. The SMILES string of the molecule is C[C@]12CCC(O)CC1=CC[C@@H]1[C@@H]2C(O)C[C@]2(C)C(O)CC[C@@H]12. The topological polar surface area (TPSA) is 60.7 Å². The number of hydrogen-bond donors (Lipinski definition) is 3. The minimum Gasteiger partial charge on any atom is -0.393 e. The normalized spacial score (nSPS) is 57.6. The highest BCUT2D eigenvalue weighted by atomic mass is 16.3. The van der Waals surface area contributed by atoms with E-state index >= 15 is 0 Å². The van der Waals surface area contributed by atoms with Gasteiger partial charge in [-0.2, -0.15) is 0 Å². The summed E-state index contributed by atoms with van der Waals surface area (Å²) in [4.78, 5) is 0. The van der Waals surface area contributed by atoms with Crippen LogP contribution in [0.1, 0.15) is 58.8 Å². The van der Waals surface area contributed by atoms with E-state index in [4.69, 9.17) is 0 Å². The van der Waals surface area contributed by atoms with Crippen LogP contribution in [0.15, 0.2) is 11.6 Å². The molecule has 3 heteroatoms. The quantitative estimate of drug-likeness (QED) is 0.603. The van der Waals surface area contributed by atoms with Gasteiger partial charge in [-0.15, -0.1) is 0 Å². The summed E-state index contributed by atoms with van der Waals surface area (Å²) in [6.07, 6.45) is 7.99. The van der Waals surface area contributed by atoms with E-state index < -0.39 is 0 Å². The van der Waals surface area contributed by atoms with Crippen LogP contribution in [0.5, 0.6) is 0 Å². The van der Waals surface area contributed by atoms with Crippen LogP contribution in [-0.4, -0.2) is 33.6 Å². The second-order valence-corrected chi connectivity index (χ2v) is 8.95. The second-order valence-electron chi connectivity index (χ2n) is 8.95. The lowest BCUT2D eigenvalue weighted by Gasteiger charge is -2.59. The van der Waals surface area contributed by atoms with Gasteiger partial charge in [0.25, 0.3) is 0 Å². The summed E-state index contributed by atoms with van der Waals surface area (Å²) in [6.45, 7) is 4.51. The van der Waals surface area contributed by atoms with Gasteiger partial charge in [0.1, 0.15) is 0 Å². The molecule has 0 spiro atoms. The molecule has 0 aromatic carbocycles. The minimum atomic E-state index is -0.317. The fourth-order valence-electron chi connectivity index (χ4n) is 6.75. The molecule has 3 fully saturated rings. The Labute approximate surface area is 133 Å². The predicted molar refractivity (Wildman–Crippen MR) is 85.1 cm³/mol. The molecule has 0 saturated heterocycles. The van der Waals surface area contributed by atoms with Gasteiger partial charge in [0.05, 0.1) is 18.3 Å². The standard InChI is InChI=1S/C19H30O3/c1-18-8-7-12(20)9-11(18)3-4-13-14-5-6-16(22)19(14,2)10-15(21)17(13)18/h3,12-17,20-22H,4-10H2,1-2H3/t12?,13-,14-,15?,16?,17+,18-,19-/m0/s1. The van der Waals surface area contributed by atoms with Crippen molar-refractivity contribution in [1.82, 2.24) is 0 Å². The summed E-state index contributed by atoms with van der Waals surface area (Å²) in [5.41, 5.74) is 1.33. The summed E-state index contributed by atoms with van der Waals surface area (Å²) in [5.74, 6) is 1.34. The number of rotatable bonds is 0. The first-order valence-corrected chi connectivity index (χ1v) is 9.10. The summed E-state index contributed by atoms with van der Waals surface area (Å²) in [5, 5.41) is 31.5. The van der Waals surface area contributed by atoms with E-state index in [1.54, 1.807) is 0 Å². The van der Waals surface area contributed by atoms with Crippen molar-refractivity contribution in [2.24, 2.45) is 28.6 Å². The van der Waals surface area contributed by atoms with Gasteiger partial charge >= 0.3 is 0 Å². The molecule has 124 valence electrons. The zero-order valence-electron chi connectivity index (χ0n) is 13.8. The van der Waals surface area contributed by atoms with Gasteiger partial charge in [-0.1, -0.05) is 25.5 Å². The van der Waals surface area contributed by atoms with E-state index in [-0.39, 0.29) is 29.1 Å². The molecule has 3 saturated carbocycles.